The van der Waals surface area contributed by atoms with Gasteiger partial charge in [0.2, 0.25) is 11.4 Å². The van der Waals surface area contributed by atoms with E-state index in [4.69, 9.17) is 14.2 Å². The minimum atomic E-state index is -2.23. The van der Waals surface area contributed by atoms with Crippen LogP contribution in [0.4, 0.5) is 4.79 Å². The molecule has 1 N–H and O–H groups in total. The van der Waals surface area contributed by atoms with E-state index in [2.05, 4.69) is 0 Å². The molecule has 1 aliphatic rings. The molecule has 1 rings (SSSR count). The van der Waals surface area contributed by atoms with Gasteiger partial charge in [0.25, 0.3) is 0 Å². The van der Waals surface area contributed by atoms with Gasteiger partial charge in [-0.25, -0.2) is 14.5 Å². The number of hydrogen-bond acceptors (Lipinski definition) is 8. The second-order valence-electron chi connectivity index (χ2n) is 7.75. The molecule has 1 heterocycles. The molecule has 3 atom stereocenters. The smallest absolute Gasteiger partial charge is 0.418 e. The monoisotopic (exact) mass is 387 g/mol. The highest BCUT2D eigenvalue weighted by Crippen LogP contribution is 2.40. The average Bonchev–Trinajstić information content (AvgIpc) is 2.74. The summed E-state index contributed by atoms with van der Waals surface area (Å²) in [6.45, 7) is 10.7. The molecule has 1 unspecified atom stereocenters. The van der Waals surface area contributed by atoms with E-state index < -0.39 is 59.6 Å². The van der Waals surface area contributed by atoms with Crippen molar-refractivity contribution in [3.05, 3.63) is 0 Å². The summed E-state index contributed by atoms with van der Waals surface area (Å²) in [6, 6.07) is 0. The molecule has 154 valence electrons. The molecule has 1 fully saturated rings. The molecule has 27 heavy (non-hydrogen) atoms. The maximum absolute atomic E-state index is 13.0. The fourth-order valence-corrected chi connectivity index (χ4v) is 3.15. The summed E-state index contributed by atoms with van der Waals surface area (Å²) in [6.07, 6.45) is -4.57. The summed E-state index contributed by atoms with van der Waals surface area (Å²) >= 11 is 0. The number of carbonyl (C=O) groups excluding carboxylic acids is 4. The first kappa shape index (κ1) is 22.9. The fourth-order valence-electron chi connectivity index (χ4n) is 3.15. The minimum Gasteiger partial charge on any atom is -0.464 e. The van der Waals surface area contributed by atoms with Crippen molar-refractivity contribution < 1.29 is 38.5 Å². The lowest BCUT2D eigenvalue weighted by atomic mass is 9.81. The van der Waals surface area contributed by atoms with Crippen LogP contribution < -0.4 is 0 Å². The highest BCUT2D eigenvalue weighted by Gasteiger charge is 2.68. The predicted octanol–water partition coefficient (Wildman–Crippen LogP) is 1.40. The van der Waals surface area contributed by atoms with Gasteiger partial charge in [0.05, 0.1) is 13.0 Å². The second-order valence-corrected chi connectivity index (χ2v) is 7.75. The Bertz CT molecular complexity index is 609. The number of esters is 2. The Hall–Kier alpha value is -2.16. The molecule has 1 aliphatic heterocycles. The molecule has 9 heteroatoms. The number of hydrogen-bond donors (Lipinski definition) is 1. The van der Waals surface area contributed by atoms with Crippen LogP contribution in [0, 0.1) is 5.92 Å². The van der Waals surface area contributed by atoms with E-state index in [-0.39, 0.29) is 6.61 Å². The minimum absolute atomic E-state index is 0.0610. The largest absolute Gasteiger partial charge is 0.464 e. The third kappa shape index (κ3) is 4.58. The maximum Gasteiger partial charge on any atom is 0.418 e. The highest BCUT2D eigenvalue weighted by molar-refractivity contribution is 6.03. The lowest BCUT2D eigenvalue weighted by Crippen LogP contribution is -2.69. The van der Waals surface area contributed by atoms with E-state index in [0.717, 1.165) is 6.92 Å². The van der Waals surface area contributed by atoms with Gasteiger partial charge in [0.15, 0.2) is 0 Å². The Morgan fingerprint density at radius 1 is 1.30 bits per heavy atom. The highest BCUT2D eigenvalue weighted by atomic mass is 16.6. The molecular formula is C18H29NO8. The molecule has 9 nitrogen and oxygen atoms in total. The quantitative estimate of drug-likeness (QED) is 0.555. The average molecular weight is 387 g/mol. The summed E-state index contributed by atoms with van der Waals surface area (Å²) in [7, 11) is 0. The van der Waals surface area contributed by atoms with E-state index in [9.17, 15) is 24.3 Å². The number of likely N-dealkylation sites (tertiary alicyclic amines) is 1. The van der Waals surface area contributed by atoms with Crippen molar-refractivity contribution in [2.75, 3.05) is 6.61 Å². The van der Waals surface area contributed by atoms with E-state index in [0.29, 0.717) is 4.90 Å². The summed E-state index contributed by atoms with van der Waals surface area (Å²) in [5.41, 5.74) is -3.19. The molecule has 0 spiro atoms. The van der Waals surface area contributed by atoms with Crippen LogP contribution in [0.2, 0.25) is 0 Å². The van der Waals surface area contributed by atoms with Gasteiger partial charge in [-0.1, -0.05) is 13.8 Å². The van der Waals surface area contributed by atoms with Crippen molar-refractivity contribution in [3.63, 3.8) is 0 Å². The van der Waals surface area contributed by atoms with E-state index in [1.807, 2.05) is 0 Å². The van der Waals surface area contributed by atoms with E-state index >= 15 is 0 Å². The Morgan fingerprint density at radius 3 is 2.26 bits per heavy atom. The first-order chi connectivity index (χ1) is 12.3. The standard InChI is InChI=1S/C18H29NO8/c1-8-25-15(23)18(14(10(2)3)26-11(4)20)12(21)9-13(22)19(18)16(24)27-17(5,6)7/h10,12,14,21H,8-9H2,1-7H3/t12-,14-,18?/m0/s1. The van der Waals surface area contributed by atoms with Gasteiger partial charge >= 0.3 is 18.0 Å². The number of amides is 2. The molecule has 0 aromatic carbocycles. The van der Waals surface area contributed by atoms with E-state index in [1.165, 1.54) is 0 Å². The van der Waals surface area contributed by atoms with Crippen LogP contribution in [-0.4, -0.2) is 63.9 Å². The maximum atomic E-state index is 13.0. The lowest BCUT2D eigenvalue weighted by Gasteiger charge is -2.43. The van der Waals surface area contributed by atoms with Crippen molar-refractivity contribution >= 4 is 23.9 Å². The number of nitrogens with zero attached hydrogens (tertiary/aromatic N) is 1. The molecule has 2 amide bonds. The molecular weight excluding hydrogens is 358 g/mol. The number of aliphatic hydroxyl groups is 1. The van der Waals surface area contributed by atoms with Crippen LogP contribution in [0.3, 0.4) is 0 Å². The number of carbonyl (C=O) groups is 4. The van der Waals surface area contributed by atoms with Gasteiger partial charge in [0, 0.05) is 6.92 Å². The lowest BCUT2D eigenvalue weighted by molar-refractivity contribution is -0.186. The molecule has 0 aliphatic carbocycles. The zero-order valence-corrected chi connectivity index (χ0v) is 16.9. The number of ether oxygens (including phenoxy) is 3. The summed E-state index contributed by atoms with van der Waals surface area (Å²) in [5, 5.41) is 10.7. The zero-order valence-electron chi connectivity index (χ0n) is 16.9. The van der Waals surface area contributed by atoms with Crippen LogP contribution >= 0.6 is 0 Å². The zero-order chi connectivity index (χ0) is 21.2. The second kappa shape index (κ2) is 8.24. The van der Waals surface area contributed by atoms with Gasteiger partial charge in [-0.05, 0) is 33.6 Å². The van der Waals surface area contributed by atoms with Crippen molar-refractivity contribution in [1.82, 2.24) is 4.90 Å². The van der Waals surface area contributed by atoms with Crippen LogP contribution in [0.1, 0.15) is 54.9 Å². The van der Waals surface area contributed by atoms with Gasteiger partial charge in [-0.15, -0.1) is 0 Å². The van der Waals surface area contributed by atoms with Crippen LogP contribution in [0.5, 0.6) is 0 Å². The van der Waals surface area contributed by atoms with Gasteiger partial charge < -0.3 is 19.3 Å². The third-order valence-electron chi connectivity index (χ3n) is 4.01. The SMILES string of the molecule is CCOC(=O)C1([C@@H](OC(C)=O)C(C)C)[C@@H](O)CC(=O)N1C(=O)OC(C)(C)C. The molecule has 0 aromatic heterocycles. The molecule has 0 bridgehead atoms. The predicted molar refractivity (Wildman–Crippen MR) is 93.5 cm³/mol. The molecule has 0 saturated carbocycles. The topological polar surface area (TPSA) is 119 Å². The molecule has 0 aromatic rings. The van der Waals surface area contributed by atoms with Crippen LogP contribution in [0.15, 0.2) is 0 Å². The van der Waals surface area contributed by atoms with Crippen molar-refractivity contribution in [3.8, 4) is 0 Å². The Labute approximate surface area is 158 Å². The van der Waals surface area contributed by atoms with Crippen molar-refractivity contribution in [2.45, 2.75) is 78.2 Å². The first-order valence-corrected chi connectivity index (χ1v) is 8.87. The molecule has 0 radical (unpaired) electrons. The third-order valence-corrected chi connectivity index (χ3v) is 4.01. The fraction of sp³-hybridized carbons (Fsp3) is 0.778. The normalized spacial score (nSPS) is 24.0. The van der Waals surface area contributed by atoms with Crippen LogP contribution in [-0.2, 0) is 28.6 Å². The number of aliphatic hydroxyl groups excluding tert-OH is 1. The van der Waals surface area contributed by atoms with Gasteiger partial charge in [-0.2, -0.15) is 0 Å². The Morgan fingerprint density at radius 2 is 1.85 bits per heavy atom. The Kier molecular flexibility index (Phi) is 6.99. The summed E-state index contributed by atoms with van der Waals surface area (Å²) in [4.78, 5) is 50.5. The number of rotatable bonds is 5. The molecule has 1 saturated heterocycles. The van der Waals surface area contributed by atoms with Gasteiger partial charge in [0.1, 0.15) is 17.8 Å². The van der Waals surface area contributed by atoms with Crippen LogP contribution in [0.25, 0.3) is 0 Å². The van der Waals surface area contributed by atoms with E-state index in [1.54, 1.807) is 41.5 Å². The summed E-state index contributed by atoms with van der Waals surface area (Å²) in [5.74, 6) is -3.10. The van der Waals surface area contributed by atoms with Crippen molar-refractivity contribution in [2.24, 2.45) is 5.92 Å². The van der Waals surface area contributed by atoms with Gasteiger partial charge in [-0.3, -0.25) is 9.59 Å². The summed E-state index contributed by atoms with van der Waals surface area (Å²) < 4.78 is 15.6. The number of imide groups is 1. The van der Waals surface area contributed by atoms with Crippen molar-refractivity contribution in [1.29, 1.82) is 0 Å². The Balaban J connectivity index is 3.63. The first-order valence-electron chi connectivity index (χ1n) is 8.87.